The van der Waals surface area contributed by atoms with Crippen LogP contribution in [0.1, 0.15) is 18.5 Å². The van der Waals surface area contributed by atoms with Crippen LogP contribution in [0.2, 0.25) is 0 Å². The van der Waals surface area contributed by atoms with Gasteiger partial charge in [-0.25, -0.2) is 4.98 Å². The number of likely N-dealkylation sites (tertiary alicyclic amines) is 1. The Kier molecular flexibility index (Phi) is 4.55. The molecule has 3 rings (SSSR count). The molecule has 0 bridgehead atoms. The lowest BCUT2D eigenvalue weighted by molar-refractivity contribution is -0.135. The maximum absolute atomic E-state index is 12.6. The molecule has 3 heterocycles. The summed E-state index contributed by atoms with van der Waals surface area (Å²) in [6.07, 6.45) is 6.26. The average Bonchev–Trinajstić information content (AvgIpc) is 2.93. The number of hydrogen-bond donors (Lipinski definition) is 2. The van der Waals surface area contributed by atoms with Gasteiger partial charge in [-0.3, -0.25) is 4.79 Å². The molecule has 2 aliphatic heterocycles. The summed E-state index contributed by atoms with van der Waals surface area (Å²) in [6.45, 7) is 7.32. The molecule has 1 aromatic rings. The normalized spacial score (nSPS) is 26.8. The van der Waals surface area contributed by atoms with Crippen molar-refractivity contribution >= 4 is 5.91 Å². The zero-order valence-electron chi connectivity index (χ0n) is 12.7. The number of imidazole rings is 1. The maximum atomic E-state index is 12.6. The van der Waals surface area contributed by atoms with Crippen LogP contribution in [0.25, 0.3) is 0 Å². The molecule has 21 heavy (non-hydrogen) atoms. The Hall–Kier alpha value is -1.40. The highest BCUT2D eigenvalue weighted by Crippen LogP contribution is 2.19. The van der Waals surface area contributed by atoms with Crippen LogP contribution in [-0.2, 0) is 11.3 Å². The van der Waals surface area contributed by atoms with Gasteiger partial charge in [-0.15, -0.1) is 0 Å². The molecule has 2 saturated heterocycles. The molecule has 0 unspecified atom stereocenters. The number of nitrogens with zero attached hydrogens (tertiary/aromatic N) is 3. The summed E-state index contributed by atoms with van der Waals surface area (Å²) in [5.74, 6) is 0.793. The molecule has 1 aromatic heterocycles. The average molecular weight is 291 g/mol. The molecular formula is C15H25N5O. The Morgan fingerprint density at radius 3 is 3.10 bits per heavy atom. The van der Waals surface area contributed by atoms with Crippen LogP contribution in [-0.4, -0.2) is 59.1 Å². The van der Waals surface area contributed by atoms with Crippen molar-refractivity contribution in [2.24, 2.45) is 5.92 Å². The van der Waals surface area contributed by atoms with E-state index in [-0.39, 0.29) is 11.9 Å². The van der Waals surface area contributed by atoms with Crippen LogP contribution in [0.4, 0.5) is 0 Å². The van der Waals surface area contributed by atoms with Crippen molar-refractivity contribution in [3.05, 3.63) is 18.2 Å². The predicted octanol–water partition coefficient (Wildman–Crippen LogP) is -0.00848. The quantitative estimate of drug-likeness (QED) is 0.822. The monoisotopic (exact) mass is 291 g/mol. The number of nitrogens with one attached hydrogen (secondary N) is 2. The summed E-state index contributed by atoms with van der Waals surface area (Å²) >= 11 is 0. The number of piperidine rings is 1. The fourth-order valence-electron chi connectivity index (χ4n) is 3.33. The maximum Gasteiger partial charge on any atom is 0.241 e. The van der Waals surface area contributed by atoms with E-state index < -0.39 is 0 Å². The Labute approximate surface area is 125 Å². The highest BCUT2D eigenvalue weighted by atomic mass is 16.2. The van der Waals surface area contributed by atoms with E-state index in [0.717, 1.165) is 51.4 Å². The van der Waals surface area contributed by atoms with E-state index in [0.29, 0.717) is 5.92 Å². The molecule has 0 aliphatic carbocycles. The van der Waals surface area contributed by atoms with Crippen LogP contribution in [0.15, 0.2) is 12.5 Å². The molecular weight excluding hydrogens is 266 g/mol. The second-order valence-electron chi connectivity index (χ2n) is 6.22. The Balaban J connectivity index is 1.56. The molecule has 0 radical (unpaired) electrons. The van der Waals surface area contributed by atoms with Gasteiger partial charge in [-0.1, -0.05) is 0 Å². The molecule has 2 aliphatic rings. The zero-order chi connectivity index (χ0) is 14.7. The molecule has 0 spiro atoms. The number of aromatic nitrogens is 2. The van der Waals surface area contributed by atoms with E-state index in [1.807, 2.05) is 18.2 Å². The third kappa shape index (κ3) is 3.63. The second-order valence-corrected chi connectivity index (χ2v) is 6.22. The van der Waals surface area contributed by atoms with E-state index in [2.05, 4.69) is 26.4 Å². The van der Waals surface area contributed by atoms with E-state index in [9.17, 15) is 4.79 Å². The topological polar surface area (TPSA) is 62.2 Å². The third-order valence-corrected chi connectivity index (χ3v) is 4.40. The van der Waals surface area contributed by atoms with Crippen molar-refractivity contribution in [3.8, 4) is 0 Å². The fourth-order valence-corrected chi connectivity index (χ4v) is 3.33. The van der Waals surface area contributed by atoms with E-state index in [4.69, 9.17) is 0 Å². The molecule has 1 amide bonds. The van der Waals surface area contributed by atoms with Crippen LogP contribution in [0.3, 0.4) is 0 Å². The summed E-state index contributed by atoms with van der Waals surface area (Å²) in [5.41, 5.74) is 1.05. The number of hydrogen-bond acceptors (Lipinski definition) is 4. The Morgan fingerprint density at radius 1 is 1.48 bits per heavy atom. The van der Waals surface area contributed by atoms with E-state index in [1.54, 1.807) is 0 Å². The second kappa shape index (κ2) is 6.58. The Morgan fingerprint density at radius 2 is 2.38 bits per heavy atom. The van der Waals surface area contributed by atoms with Gasteiger partial charge in [0.15, 0.2) is 0 Å². The van der Waals surface area contributed by atoms with Crippen LogP contribution in [0.5, 0.6) is 0 Å². The summed E-state index contributed by atoms with van der Waals surface area (Å²) in [7, 11) is 0. The molecule has 116 valence electrons. The summed E-state index contributed by atoms with van der Waals surface area (Å²) < 4.78 is 2.15. The highest BCUT2D eigenvalue weighted by Gasteiger charge is 2.29. The fraction of sp³-hybridized carbons (Fsp3) is 0.733. The molecule has 2 N–H and O–H groups in total. The zero-order valence-corrected chi connectivity index (χ0v) is 12.7. The predicted molar refractivity (Wildman–Crippen MR) is 80.9 cm³/mol. The largest absolute Gasteiger partial charge is 0.341 e. The van der Waals surface area contributed by atoms with Gasteiger partial charge in [0.2, 0.25) is 5.91 Å². The molecule has 0 aromatic carbocycles. The van der Waals surface area contributed by atoms with Gasteiger partial charge < -0.3 is 20.1 Å². The standard InChI is InChI=1S/C15H25N5O/c1-12-8-19(11-18-12)9-13-3-2-6-20(10-13)15(21)14-7-16-4-5-17-14/h8,11,13-14,16-17H,2-7,9-10H2,1H3/t13-,14+/m0/s1. The highest BCUT2D eigenvalue weighted by molar-refractivity contribution is 5.82. The van der Waals surface area contributed by atoms with Crippen molar-refractivity contribution < 1.29 is 4.79 Å². The lowest BCUT2D eigenvalue weighted by Gasteiger charge is -2.36. The van der Waals surface area contributed by atoms with Gasteiger partial charge in [0.1, 0.15) is 0 Å². The molecule has 2 fully saturated rings. The SMILES string of the molecule is Cc1cn(C[C@@H]2CCCN(C(=O)[C@H]3CNCCN3)C2)cn1. The van der Waals surface area contributed by atoms with Crippen molar-refractivity contribution in [1.82, 2.24) is 25.1 Å². The van der Waals surface area contributed by atoms with Gasteiger partial charge in [-0.2, -0.15) is 0 Å². The summed E-state index contributed by atoms with van der Waals surface area (Å²) in [4.78, 5) is 18.9. The van der Waals surface area contributed by atoms with Crippen LogP contribution in [0, 0.1) is 12.8 Å². The van der Waals surface area contributed by atoms with Crippen molar-refractivity contribution in [1.29, 1.82) is 0 Å². The Bertz CT molecular complexity index is 480. The minimum atomic E-state index is -0.0482. The van der Waals surface area contributed by atoms with Crippen LogP contribution < -0.4 is 10.6 Å². The first-order valence-electron chi connectivity index (χ1n) is 7.93. The first-order valence-corrected chi connectivity index (χ1v) is 7.93. The number of amides is 1. The number of carbonyl (C=O) groups excluding carboxylic acids is 1. The van der Waals surface area contributed by atoms with Crippen molar-refractivity contribution in [2.75, 3.05) is 32.7 Å². The molecule has 6 nitrogen and oxygen atoms in total. The first-order chi connectivity index (χ1) is 10.2. The van der Waals surface area contributed by atoms with Gasteiger partial charge in [-0.05, 0) is 25.7 Å². The molecule has 0 saturated carbocycles. The van der Waals surface area contributed by atoms with Crippen LogP contribution >= 0.6 is 0 Å². The number of rotatable bonds is 3. The van der Waals surface area contributed by atoms with E-state index >= 15 is 0 Å². The minimum absolute atomic E-state index is 0.0482. The number of carbonyl (C=O) groups is 1. The first kappa shape index (κ1) is 14.5. The lowest BCUT2D eigenvalue weighted by Crippen LogP contribution is -2.58. The van der Waals surface area contributed by atoms with Gasteiger partial charge in [0.05, 0.1) is 18.1 Å². The van der Waals surface area contributed by atoms with Gasteiger partial charge >= 0.3 is 0 Å². The molecule has 2 atom stereocenters. The van der Waals surface area contributed by atoms with Gasteiger partial charge in [0.25, 0.3) is 0 Å². The van der Waals surface area contributed by atoms with E-state index in [1.165, 1.54) is 6.42 Å². The molecule has 6 heteroatoms. The minimum Gasteiger partial charge on any atom is -0.341 e. The van der Waals surface area contributed by atoms with Crippen molar-refractivity contribution in [2.45, 2.75) is 32.4 Å². The van der Waals surface area contributed by atoms with Gasteiger partial charge in [0, 0.05) is 45.5 Å². The van der Waals surface area contributed by atoms with Crippen molar-refractivity contribution in [3.63, 3.8) is 0 Å². The lowest BCUT2D eigenvalue weighted by atomic mass is 9.97. The smallest absolute Gasteiger partial charge is 0.241 e. The number of aryl methyl sites for hydroxylation is 1. The summed E-state index contributed by atoms with van der Waals surface area (Å²) in [5, 5.41) is 6.60. The summed E-state index contributed by atoms with van der Waals surface area (Å²) in [6, 6.07) is -0.0482. The number of piperazine rings is 1. The third-order valence-electron chi connectivity index (χ3n) is 4.40.